The van der Waals surface area contributed by atoms with Gasteiger partial charge < -0.3 is 39.5 Å². The maximum Gasteiger partial charge on any atom is 0.404 e. The van der Waals surface area contributed by atoms with Crippen LogP contribution in [0.15, 0.2) is 42.1 Å². The second kappa shape index (κ2) is 13.7. The Labute approximate surface area is 241 Å². The highest BCUT2D eigenvalue weighted by Gasteiger charge is 2.48. The molecule has 0 spiro atoms. The first-order chi connectivity index (χ1) is 19.3. The zero-order chi connectivity index (χ0) is 30.5. The van der Waals surface area contributed by atoms with Crippen LogP contribution in [0.25, 0.3) is 0 Å². The van der Waals surface area contributed by atoms with E-state index < -0.39 is 66.0 Å². The highest BCUT2D eigenvalue weighted by molar-refractivity contribution is 5.87. The third kappa shape index (κ3) is 7.38. The van der Waals surface area contributed by atoms with Crippen molar-refractivity contribution < 1.29 is 43.2 Å². The van der Waals surface area contributed by atoms with E-state index in [2.05, 4.69) is 4.98 Å². The number of hydrogen-bond donors (Lipinski definition) is 3. The Balaban J connectivity index is 2.06. The molecule has 0 fully saturated rings. The van der Waals surface area contributed by atoms with Crippen LogP contribution in [0.2, 0.25) is 0 Å². The molecule has 228 valence electrons. The molecule has 0 aliphatic carbocycles. The molecule has 1 amide bonds. The van der Waals surface area contributed by atoms with Gasteiger partial charge in [0.15, 0.2) is 6.10 Å². The lowest BCUT2D eigenvalue weighted by Gasteiger charge is -2.44. The van der Waals surface area contributed by atoms with E-state index in [9.17, 15) is 19.5 Å². The first-order valence-electron chi connectivity index (χ1n) is 14.0. The molecule has 10 atom stereocenters. The lowest BCUT2D eigenvalue weighted by atomic mass is 9.77. The van der Waals surface area contributed by atoms with Crippen molar-refractivity contribution in [2.45, 2.75) is 84.1 Å². The molecule has 2 aliphatic heterocycles. The Bertz CT molecular complexity index is 1120. The summed E-state index contributed by atoms with van der Waals surface area (Å²) in [7, 11) is 1.44. The van der Waals surface area contributed by atoms with Crippen LogP contribution in [-0.2, 0) is 28.5 Å². The molecule has 4 N–H and O–H groups in total. The van der Waals surface area contributed by atoms with Crippen molar-refractivity contribution in [1.82, 2.24) is 4.98 Å². The van der Waals surface area contributed by atoms with Gasteiger partial charge in [-0.2, -0.15) is 0 Å². The number of H-pyrrole nitrogens is 1. The van der Waals surface area contributed by atoms with Crippen molar-refractivity contribution in [2.24, 2.45) is 29.4 Å². The van der Waals surface area contributed by atoms with Crippen LogP contribution >= 0.6 is 0 Å². The third-order valence-electron chi connectivity index (χ3n) is 8.33. The number of primary amides is 1. The topological polar surface area (TPSA) is 159 Å². The van der Waals surface area contributed by atoms with Gasteiger partial charge in [-0.25, -0.2) is 14.4 Å². The van der Waals surface area contributed by atoms with Crippen LogP contribution in [0.5, 0.6) is 0 Å². The number of carbonyl (C=O) groups is 3. The maximum absolute atomic E-state index is 13.3. The fraction of sp³-hybridized carbons (Fsp3) is 0.633. The number of aromatic nitrogens is 1. The third-order valence-corrected chi connectivity index (χ3v) is 8.33. The van der Waals surface area contributed by atoms with E-state index in [4.69, 9.17) is 29.4 Å². The van der Waals surface area contributed by atoms with Gasteiger partial charge in [-0.3, -0.25) is 0 Å². The van der Waals surface area contributed by atoms with Gasteiger partial charge in [0.25, 0.3) is 0 Å². The molecule has 1 unspecified atom stereocenters. The van der Waals surface area contributed by atoms with E-state index in [1.165, 1.54) is 7.11 Å². The molecule has 0 bridgehead atoms. The monoisotopic (exact) mass is 576 g/mol. The summed E-state index contributed by atoms with van der Waals surface area (Å²) in [6, 6.07) is 3.33. The minimum Gasteiger partial charge on any atom is -0.456 e. The van der Waals surface area contributed by atoms with Crippen molar-refractivity contribution in [2.75, 3.05) is 13.7 Å². The molecule has 41 heavy (non-hydrogen) atoms. The Morgan fingerprint density at radius 1 is 1.20 bits per heavy atom. The number of rotatable bonds is 8. The zero-order valence-electron chi connectivity index (χ0n) is 24.9. The summed E-state index contributed by atoms with van der Waals surface area (Å²) in [4.78, 5) is 40.6. The van der Waals surface area contributed by atoms with Gasteiger partial charge in [-0.15, -0.1) is 0 Å². The number of ether oxygens (including phenoxy) is 5. The second-order valence-electron chi connectivity index (χ2n) is 11.4. The summed E-state index contributed by atoms with van der Waals surface area (Å²) in [6.45, 7) is 10.9. The van der Waals surface area contributed by atoms with E-state index in [-0.39, 0.29) is 24.9 Å². The van der Waals surface area contributed by atoms with Crippen LogP contribution in [-0.4, -0.2) is 78.0 Å². The molecular weight excluding hydrogens is 532 g/mol. The van der Waals surface area contributed by atoms with Crippen molar-refractivity contribution in [3.05, 3.63) is 47.8 Å². The highest BCUT2D eigenvalue weighted by Crippen LogP contribution is 2.42. The van der Waals surface area contributed by atoms with Crippen LogP contribution < -0.4 is 5.73 Å². The number of carbonyl (C=O) groups excluding carboxylic acids is 3. The Morgan fingerprint density at radius 3 is 2.49 bits per heavy atom. The molecule has 11 heteroatoms. The van der Waals surface area contributed by atoms with Crippen LogP contribution in [0.4, 0.5) is 4.79 Å². The van der Waals surface area contributed by atoms with Crippen molar-refractivity contribution in [3.8, 4) is 0 Å². The number of nitrogens with one attached hydrogen (secondary N) is 1. The average molecular weight is 577 g/mol. The van der Waals surface area contributed by atoms with Gasteiger partial charge in [-0.1, -0.05) is 39.0 Å². The minimum absolute atomic E-state index is 0.213. The largest absolute Gasteiger partial charge is 0.456 e. The van der Waals surface area contributed by atoms with Crippen molar-refractivity contribution >= 4 is 18.0 Å². The van der Waals surface area contributed by atoms with Crippen LogP contribution in [0, 0.1) is 23.7 Å². The van der Waals surface area contributed by atoms with E-state index in [0.29, 0.717) is 5.69 Å². The summed E-state index contributed by atoms with van der Waals surface area (Å²) >= 11 is 0. The number of methoxy groups -OCH3 is 1. The van der Waals surface area contributed by atoms with Crippen molar-refractivity contribution in [3.63, 3.8) is 0 Å². The Morgan fingerprint density at radius 2 is 1.90 bits per heavy atom. The summed E-state index contributed by atoms with van der Waals surface area (Å²) in [5.41, 5.74) is 5.41. The first kappa shape index (κ1) is 32.4. The van der Waals surface area contributed by atoms with Crippen LogP contribution in [0.1, 0.15) is 58.5 Å². The number of aromatic amines is 1. The lowest BCUT2D eigenvalue weighted by molar-refractivity contribution is -0.175. The van der Waals surface area contributed by atoms with Gasteiger partial charge in [0.1, 0.15) is 30.1 Å². The number of esters is 2. The molecule has 3 heterocycles. The average Bonchev–Trinajstić information content (AvgIpc) is 3.43. The number of nitrogens with two attached hydrogens (primary N) is 1. The number of hydrogen-bond acceptors (Lipinski definition) is 9. The number of cyclic esters (lactones) is 1. The summed E-state index contributed by atoms with van der Waals surface area (Å²) < 4.78 is 29.5. The first-order valence-corrected chi connectivity index (χ1v) is 14.0. The summed E-state index contributed by atoms with van der Waals surface area (Å²) in [6.07, 6.45) is 2.84. The molecule has 1 aromatic rings. The van der Waals surface area contributed by atoms with E-state index in [1.54, 1.807) is 32.2 Å². The van der Waals surface area contributed by atoms with E-state index in [1.807, 2.05) is 45.9 Å². The van der Waals surface area contributed by atoms with Gasteiger partial charge in [-0.05, 0) is 44.9 Å². The Hall–Kier alpha value is -3.15. The highest BCUT2D eigenvalue weighted by atomic mass is 16.6. The fourth-order valence-electron chi connectivity index (χ4n) is 5.66. The molecular formula is C30H44N2O9. The molecule has 0 radical (unpaired) electrons. The molecule has 0 aromatic carbocycles. The van der Waals surface area contributed by atoms with Crippen molar-refractivity contribution in [1.29, 1.82) is 0 Å². The lowest BCUT2D eigenvalue weighted by Crippen LogP contribution is -2.51. The smallest absolute Gasteiger partial charge is 0.404 e. The molecule has 3 rings (SSSR count). The normalized spacial score (nSPS) is 34.0. The van der Waals surface area contributed by atoms with Gasteiger partial charge in [0, 0.05) is 43.6 Å². The molecule has 0 saturated carbocycles. The predicted molar refractivity (Wildman–Crippen MR) is 150 cm³/mol. The summed E-state index contributed by atoms with van der Waals surface area (Å²) in [5.74, 6) is -2.51. The van der Waals surface area contributed by atoms with Gasteiger partial charge in [0.05, 0.1) is 5.60 Å². The molecule has 11 nitrogen and oxygen atoms in total. The molecule has 2 aliphatic rings. The fourth-order valence-corrected chi connectivity index (χ4v) is 5.66. The predicted octanol–water partition coefficient (Wildman–Crippen LogP) is 3.53. The number of fused-ring (bicyclic) bond motifs is 1. The molecule has 0 saturated heterocycles. The van der Waals surface area contributed by atoms with E-state index >= 15 is 0 Å². The van der Waals surface area contributed by atoms with Gasteiger partial charge in [0.2, 0.25) is 0 Å². The second-order valence-corrected chi connectivity index (χ2v) is 11.4. The summed E-state index contributed by atoms with van der Waals surface area (Å²) in [5, 5.41) is 10.1. The van der Waals surface area contributed by atoms with E-state index in [0.717, 1.165) is 5.57 Å². The Kier molecular flexibility index (Phi) is 10.8. The standard InChI is InChI=1S/C30H44N2O9/c1-16-10-11-21-14-23(37-7)28(35)39-24(20(5)38-29(31)36)17(2)13-19(4)30(21,6)41-26(16)25(18(3)15-33)40-27(34)22-9-8-12-32-22/h8-13,16-18,20-21,23-26,32-33H,14-15H2,1-7H3,(H2,31,36)/b19-13+/t16?,17-,18-,20-,21-,23+,24+,25-,26-,30+/m1/s1. The minimum atomic E-state index is -0.973. The maximum atomic E-state index is 13.3. The number of aliphatic hydroxyl groups excluding tert-OH is 1. The number of amides is 1. The quantitative estimate of drug-likeness (QED) is 0.239. The zero-order valence-corrected chi connectivity index (χ0v) is 24.9. The number of aliphatic hydroxyl groups is 1. The molecule has 1 aromatic heterocycles. The SMILES string of the molecule is CO[C@H]1C[C@H]2C=CC(C)[C@H]([C@H](OC(=O)c3ccc[nH]3)[C@H](C)CO)O[C@@]2(C)/C(C)=C/[C@@H](C)[C@@H]([C@@H](C)OC(N)=O)OC1=O. The van der Waals surface area contributed by atoms with Crippen LogP contribution in [0.3, 0.4) is 0 Å². The van der Waals surface area contributed by atoms with Gasteiger partial charge >= 0.3 is 18.0 Å².